The van der Waals surface area contributed by atoms with Gasteiger partial charge in [0.1, 0.15) is 0 Å². The highest BCUT2D eigenvalue weighted by Crippen LogP contribution is 2.24. The summed E-state index contributed by atoms with van der Waals surface area (Å²) in [7, 11) is 1.83. The van der Waals surface area contributed by atoms with Crippen molar-refractivity contribution in [2.75, 3.05) is 12.1 Å². The van der Waals surface area contributed by atoms with Crippen LogP contribution in [0.25, 0.3) is 0 Å². The molecule has 1 rings (SSSR count). The molecule has 0 saturated carbocycles. The van der Waals surface area contributed by atoms with Crippen LogP contribution in [0.1, 0.15) is 5.56 Å². The van der Waals surface area contributed by atoms with E-state index < -0.39 is 0 Å². The van der Waals surface area contributed by atoms with E-state index in [1.165, 1.54) is 0 Å². The molecule has 0 aromatic heterocycles. The van der Waals surface area contributed by atoms with Crippen molar-refractivity contribution in [3.05, 3.63) is 28.2 Å². The van der Waals surface area contributed by atoms with Crippen LogP contribution in [0.5, 0.6) is 0 Å². The Morgan fingerprint density at radius 2 is 2.09 bits per heavy atom. The number of nitrogens with two attached hydrogens (primary N) is 1. The molecule has 0 radical (unpaired) electrons. The smallest absolute Gasteiger partial charge is 0.0554 e. The normalized spacial score (nSPS) is 9.82. The lowest BCUT2D eigenvalue weighted by atomic mass is 10.2. The maximum atomic E-state index is 5.60. The molecule has 2 N–H and O–H groups in total. The minimum atomic E-state index is 1.04. The Kier molecular flexibility index (Phi) is 2.52. The minimum absolute atomic E-state index is 1.04. The lowest BCUT2D eigenvalue weighted by Gasteiger charge is -2.15. The first-order chi connectivity index (χ1) is 5.13. The van der Waals surface area contributed by atoms with Crippen LogP contribution in [0.4, 0.5) is 5.69 Å². The monoisotopic (exact) mass is 214 g/mol. The van der Waals surface area contributed by atoms with Crippen LogP contribution in [0.15, 0.2) is 22.7 Å². The third-order valence-corrected chi connectivity index (χ3v) is 2.48. The summed E-state index contributed by atoms with van der Waals surface area (Å²) < 4.78 is 1.09. The Morgan fingerprint density at radius 1 is 1.45 bits per heavy atom. The van der Waals surface area contributed by atoms with Gasteiger partial charge in [-0.05, 0) is 24.6 Å². The molecule has 0 bridgehead atoms. The summed E-state index contributed by atoms with van der Waals surface area (Å²) in [5.41, 5.74) is 2.21. The maximum absolute atomic E-state index is 5.60. The van der Waals surface area contributed by atoms with Crippen molar-refractivity contribution in [2.24, 2.45) is 5.84 Å². The van der Waals surface area contributed by atoms with Crippen molar-refractivity contribution in [3.8, 4) is 0 Å². The summed E-state index contributed by atoms with van der Waals surface area (Å²) >= 11 is 3.43. The molecule has 0 saturated heterocycles. The molecule has 0 spiro atoms. The molecule has 2 nitrogen and oxygen atoms in total. The number of hydrogen-bond donors (Lipinski definition) is 1. The highest BCUT2D eigenvalue weighted by Gasteiger charge is 2.01. The van der Waals surface area contributed by atoms with Gasteiger partial charge >= 0.3 is 0 Å². The molecule has 0 heterocycles. The summed E-state index contributed by atoms with van der Waals surface area (Å²) in [6.45, 7) is 2.03. The first-order valence-corrected chi connectivity index (χ1v) is 4.16. The Labute approximate surface area is 75.1 Å². The van der Waals surface area contributed by atoms with E-state index in [0.29, 0.717) is 0 Å². The highest BCUT2D eigenvalue weighted by atomic mass is 79.9. The number of hydrazine groups is 1. The van der Waals surface area contributed by atoms with Gasteiger partial charge in [0.05, 0.1) is 5.69 Å². The largest absolute Gasteiger partial charge is 0.314 e. The Morgan fingerprint density at radius 3 is 2.55 bits per heavy atom. The molecule has 0 amide bonds. The Bertz CT molecular complexity index is 258. The van der Waals surface area contributed by atoms with Gasteiger partial charge in [0, 0.05) is 11.5 Å². The zero-order chi connectivity index (χ0) is 8.43. The van der Waals surface area contributed by atoms with Crippen molar-refractivity contribution in [1.82, 2.24) is 0 Å². The van der Waals surface area contributed by atoms with E-state index in [0.717, 1.165) is 15.7 Å². The average molecular weight is 215 g/mol. The van der Waals surface area contributed by atoms with Gasteiger partial charge in [-0.2, -0.15) is 0 Å². The second kappa shape index (κ2) is 3.24. The summed E-state index contributed by atoms with van der Waals surface area (Å²) in [5, 5.41) is 1.61. The van der Waals surface area contributed by atoms with E-state index in [1.54, 1.807) is 5.01 Å². The van der Waals surface area contributed by atoms with Crippen LogP contribution in [-0.2, 0) is 0 Å². The Balaban J connectivity index is 3.17. The van der Waals surface area contributed by atoms with Crippen LogP contribution in [0, 0.1) is 6.92 Å². The topological polar surface area (TPSA) is 29.3 Å². The maximum Gasteiger partial charge on any atom is 0.0554 e. The quantitative estimate of drug-likeness (QED) is 0.573. The second-order valence-corrected chi connectivity index (χ2v) is 3.35. The average Bonchev–Trinajstić information content (AvgIpc) is 1.94. The van der Waals surface area contributed by atoms with Crippen LogP contribution < -0.4 is 10.9 Å². The molecule has 0 atom stereocenters. The lowest BCUT2D eigenvalue weighted by Crippen LogP contribution is -2.25. The molecular weight excluding hydrogens is 204 g/mol. The van der Waals surface area contributed by atoms with E-state index in [-0.39, 0.29) is 0 Å². The van der Waals surface area contributed by atoms with Gasteiger partial charge in [-0.1, -0.05) is 22.0 Å². The van der Waals surface area contributed by atoms with Crippen LogP contribution >= 0.6 is 15.9 Å². The van der Waals surface area contributed by atoms with Gasteiger partial charge in [0.2, 0.25) is 0 Å². The molecule has 3 heteroatoms. The third kappa shape index (κ3) is 1.73. The molecule has 0 aliphatic rings. The number of rotatable bonds is 1. The first-order valence-electron chi connectivity index (χ1n) is 3.36. The van der Waals surface area contributed by atoms with Gasteiger partial charge in [-0.3, -0.25) is 0 Å². The minimum Gasteiger partial charge on any atom is -0.314 e. The highest BCUT2D eigenvalue weighted by molar-refractivity contribution is 9.10. The fraction of sp³-hybridized carbons (Fsp3) is 0.250. The van der Waals surface area contributed by atoms with E-state index in [2.05, 4.69) is 15.9 Å². The van der Waals surface area contributed by atoms with Crippen molar-refractivity contribution >= 4 is 21.6 Å². The lowest BCUT2D eigenvalue weighted by molar-refractivity contribution is 1.01. The fourth-order valence-corrected chi connectivity index (χ4v) is 1.33. The molecular formula is C8H11BrN2. The van der Waals surface area contributed by atoms with Gasteiger partial charge in [0.15, 0.2) is 0 Å². The van der Waals surface area contributed by atoms with Gasteiger partial charge in [0.25, 0.3) is 0 Å². The van der Waals surface area contributed by atoms with E-state index in [1.807, 2.05) is 32.2 Å². The summed E-state index contributed by atoms with van der Waals surface area (Å²) in [4.78, 5) is 0. The standard InChI is InChI=1S/C8H11BrN2/c1-6-7(9)4-3-5-8(6)11(2)10/h3-5H,10H2,1-2H3. The molecule has 60 valence electrons. The van der Waals surface area contributed by atoms with E-state index in [4.69, 9.17) is 5.84 Å². The molecule has 1 aromatic carbocycles. The van der Waals surface area contributed by atoms with Gasteiger partial charge in [-0.15, -0.1) is 0 Å². The molecule has 0 unspecified atom stereocenters. The number of hydrogen-bond acceptors (Lipinski definition) is 2. The van der Waals surface area contributed by atoms with Crippen molar-refractivity contribution in [1.29, 1.82) is 0 Å². The summed E-state index contributed by atoms with van der Waals surface area (Å²) in [5.74, 6) is 5.60. The predicted molar refractivity (Wildman–Crippen MR) is 51.5 cm³/mol. The summed E-state index contributed by atoms with van der Waals surface area (Å²) in [6, 6.07) is 5.96. The Hall–Kier alpha value is -0.540. The number of nitrogens with zero attached hydrogens (tertiary/aromatic N) is 1. The van der Waals surface area contributed by atoms with Gasteiger partial charge in [-0.25, -0.2) is 5.84 Å². The molecule has 0 aliphatic carbocycles. The first kappa shape index (κ1) is 8.56. The molecule has 1 aromatic rings. The van der Waals surface area contributed by atoms with Crippen molar-refractivity contribution in [2.45, 2.75) is 6.92 Å². The predicted octanol–water partition coefficient (Wildman–Crippen LogP) is 2.07. The number of anilines is 1. The van der Waals surface area contributed by atoms with Crippen LogP contribution in [0.3, 0.4) is 0 Å². The molecule has 11 heavy (non-hydrogen) atoms. The number of halogens is 1. The zero-order valence-electron chi connectivity index (χ0n) is 6.63. The van der Waals surface area contributed by atoms with Crippen LogP contribution in [-0.4, -0.2) is 7.05 Å². The van der Waals surface area contributed by atoms with Crippen molar-refractivity contribution < 1.29 is 0 Å². The van der Waals surface area contributed by atoms with E-state index >= 15 is 0 Å². The molecule has 0 aliphatic heterocycles. The van der Waals surface area contributed by atoms with E-state index in [9.17, 15) is 0 Å². The third-order valence-electron chi connectivity index (χ3n) is 1.62. The second-order valence-electron chi connectivity index (χ2n) is 2.49. The fourth-order valence-electron chi connectivity index (χ4n) is 0.978. The molecule has 0 fully saturated rings. The SMILES string of the molecule is Cc1c(Br)cccc1N(C)N. The number of benzene rings is 1. The van der Waals surface area contributed by atoms with Crippen LogP contribution in [0.2, 0.25) is 0 Å². The van der Waals surface area contributed by atoms with Crippen molar-refractivity contribution in [3.63, 3.8) is 0 Å². The summed E-state index contributed by atoms with van der Waals surface area (Å²) in [6.07, 6.45) is 0. The zero-order valence-corrected chi connectivity index (χ0v) is 8.22. The van der Waals surface area contributed by atoms with Gasteiger partial charge < -0.3 is 5.01 Å².